The van der Waals surface area contributed by atoms with Crippen molar-refractivity contribution in [3.63, 3.8) is 0 Å². The first-order chi connectivity index (χ1) is 12.6. The van der Waals surface area contributed by atoms with E-state index in [0.717, 1.165) is 37.0 Å². The third-order valence-corrected chi connectivity index (χ3v) is 9.24. The number of esters is 1. The van der Waals surface area contributed by atoms with E-state index < -0.39 is 5.60 Å². The first kappa shape index (κ1) is 19.5. The molecule has 0 heterocycles. The van der Waals surface area contributed by atoms with Crippen molar-refractivity contribution in [3.8, 4) is 0 Å². The fourth-order valence-corrected chi connectivity index (χ4v) is 8.12. The highest BCUT2D eigenvalue weighted by atomic mass is 16.5. The van der Waals surface area contributed by atoms with Crippen LogP contribution in [0.5, 0.6) is 0 Å². The van der Waals surface area contributed by atoms with Gasteiger partial charge in [0.15, 0.2) is 0 Å². The second-order valence-corrected chi connectivity index (χ2v) is 11.1. The molecule has 3 heteroatoms. The van der Waals surface area contributed by atoms with Gasteiger partial charge < -0.3 is 9.84 Å². The quantitative estimate of drug-likeness (QED) is 0.529. The van der Waals surface area contributed by atoms with Crippen molar-refractivity contribution in [2.45, 2.75) is 97.7 Å². The molecule has 3 nitrogen and oxygen atoms in total. The fourth-order valence-electron chi connectivity index (χ4n) is 8.12. The zero-order valence-electron chi connectivity index (χ0n) is 17.9. The molecule has 4 aliphatic rings. The summed E-state index contributed by atoms with van der Waals surface area (Å²) in [6.45, 7) is 10.5. The van der Waals surface area contributed by atoms with E-state index in [1.54, 1.807) is 5.57 Å². The number of carbonyl (C=O) groups is 1. The standard InChI is InChI=1S/C24H38O3/c1-15(25)27-17-10-12-23(4)16(14-17)6-7-18-19-8-9-21(22(2,3)26)24(19,5)13-11-20(18)23/h6,17-21,26H,7-14H2,1-5H3/t17?,18-,19-,20-,21+,23-,24-/m0/s1. The maximum atomic E-state index is 11.4. The lowest BCUT2D eigenvalue weighted by molar-refractivity contribution is -0.149. The summed E-state index contributed by atoms with van der Waals surface area (Å²) in [6, 6.07) is 0. The first-order valence-electron chi connectivity index (χ1n) is 11.1. The molecule has 27 heavy (non-hydrogen) atoms. The molecule has 1 unspecified atom stereocenters. The minimum absolute atomic E-state index is 0.0817. The molecule has 0 aromatic carbocycles. The Morgan fingerprint density at radius 3 is 2.56 bits per heavy atom. The topological polar surface area (TPSA) is 46.5 Å². The van der Waals surface area contributed by atoms with Gasteiger partial charge in [0.05, 0.1) is 5.60 Å². The highest BCUT2D eigenvalue weighted by Crippen LogP contribution is 2.67. The van der Waals surface area contributed by atoms with Crippen LogP contribution in [0.25, 0.3) is 0 Å². The molecule has 4 aliphatic carbocycles. The number of aliphatic hydroxyl groups is 1. The average molecular weight is 375 g/mol. The van der Waals surface area contributed by atoms with Crippen LogP contribution >= 0.6 is 0 Å². The van der Waals surface area contributed by atoms with Crippen molar-refractivity contribution in [2.75, 3.05) is 0 Å². The van der Waals surface area contributed by atoms with Crippen molar-refractivity contribution < 1.29 is 14.6 Å². The van der Waals surface area contributed by atoms with E-state index in [9.17, 15) is 9.90 Å². The van der Waals surface area contributed by atoms with E-state index in [1.165, 1.54) is 39.0 Å². The first-order valence-corrected chi connectivity index (χ1v) is 11.1. The minimum Gasteiger partial charge on any atom is -0.462 e. The Labute approximate surface area is 164 Å². The summed E-state index contributed by atoms with van der Waals surface area (Å²) in [5, 5.41) is 10.8. The summed E-state index contributed by atoms with van der Waals surface area (Å²) in [7, 11) is 0. The van der Waals surface area contributed by atoms with Crippen LogP contribution < -0.4 is 0 Å². The zero-order valence-corrected chi connectivity index (χ0v) is 17.9. The Bertz CT molecular complexity index is 645. The van der Waals surface area contributed by atoms with Crippen molar-refractivity contribution >= 4 is 5.97 Å². The van der Waals surface area contributed by atoms with E-state index in [4.69, 9.17) is 4.74 Å². The van der Waals surface area contributed by atoms with E-state index in [-0.39, 0.29) is 22.9 Å². The molecule has 3 fully saturated rings. The molecular weight excluding hydrogens is 336 g/mol. The van der Waals surface area contributed by atoms with Gasteiger partial charge >= 0.3 is 5.97 Å². The maximum absolute atomic E-state index is 11.4. The van der Waals surface area contributed by atoms with E-state index in [2.05, 4.69) is 19.9 Å². The number of hydrogen-bond acceptors (Lipinski definition) is 3. The lowest BCUT2D eigenvalue weighted by Crippen LogP contribution is -2.52. The second kappa shape index (κ2) is 6.34. The van der Waals surface area contributed by atoms with Crippen LogP contribution in [0.3, 0.4) is 0 Å². The van der Waals surface area contributed by atoms with Crippen LogP contribution in [0.2, 0.25) is 0 Å². The van der Waals surface area contributed by atoms with Gasteiger partial charge in [-0.1, -0.05) is 25.5 Å². The van der Waals surface area contributed by atoms with Crippen molar-refractivity contribution in [2.24, 2.45) is 34.5 Å². The number of ether oxygens (including phenoxy) is 1. The molecule has 0 aromatic rings. The third-order valence-electron chi connectivity index (χ3n) is 9.24. The Balaban J connectivity index is 1.58. The Kier molecular flexibility index (Phi) is 4.57. The minimum atomic E-state index is -0.571. The molecule has 1 N–H and O–H groups in total. The van der Waals surface area contributed by atoms with Gasteiger partial charge in [-0.2, -0.15) is 0 Å². The normalized spacial score (nSPS) is 46.7. The van der Waals surface area contributed by atoms with Crippen molar-refractivity contribution in [1.82, 2.24) is 0 Å². The Morgan fingerprint density at radius 1 is 1.15 bits per heavy atom. The van der Waals surface area contributed by atoms with Crippen molar-refractivity contribution in [3.05, 3.63) is 11.6 Å². The highest BCUT2D eigenvalue weighted by molar-refractivity contribution is 5.66. The third kappa shape index (κ3) is 2.99. The van der Waals surface area contributed by atoms with Gasteiger partial charge in [-0.25, -0.2) is 0 Å². The summed E-state index contributed by atoms with van der Waals surface area (Å²) >= 11 is 0. The molecule has 0 aliphatic heterocycles. The van der Waals surface area contributed by atoms with E-state index >= 15 is 0 Å². The SMILES string of the molecule is CC(=O)OC1CC[C@@]2(C)C(=CC[C@H]3[C@@H]4CC[C@H](C(C)(C)O)[C@@]4(C)CC[C@@H]32)C1. The fraction of sp³-hybridized carbons (Fsp3) is 0.875. The number of fused-ring (bicyclic) bond motifs is 5. The van der Waals surface area contributed by atoms with Gasteiger partial charge in [0, 0.05) is 13.3 Å². The number of rotatable bonds is 2. The highest BCUT2D eigenvalue weighted by Gasteiger charge is 2.60. The van der Waals surface area contributed by atoms with Gasteiger partial charge in [0.25, 0.3) is 0 Å². The molecule has 0 spiro atoms. The van der Waals surface area contributed by atoms with Gasteiger partial charge in [0.2, 0.25) is 0 Å². The van der Waals surface area contributed by atoms with Crippen LogP contribution in [0.15, 0.2) is 11.6 Å². The number of hydrogen-bond donors (Lipinski definition) is 1. The molecule has 7 atom stereocenters. The molecule has 0 aromatic heterocycles. The number of allylic oxidation sites excluding steroid dienone is 1. The van der Waals surface area contributed by atoms with Crippen LogP contribution in [0, 0.1) is 34.5 Å². The summed E-state index contributed by atoms with van der Waals surface area (Å²) in [5.41, 5.74) is 1.56. The summed E-state index contributed by atoms with van der Waals surface area (Å²) in [5.74, 6) is 2.54. The lowest BCUT2D eigenvalue weighted by atomic mass is 9.47. The van der Waals surface area contributed by atoms with Crippen LogP contribution in [-0.2, 0) is 9.53 Å². The largest absolute Gasteiger partial charge is 0.462 e. The van der Waals surface area contributed by atoms with Crippen LogP contribution in [-0.4, -0.2) is 22.8 Å². The Hall–Kier alpha value is -0.830. The molecular formula is C24H38O3. The van der Waals surface area contributed by atoms with Crippen LogP contribution in [0.1, 0.15) is 86.0 Å². The summed E-state index contributed by atoms with van der Waals surface area (Å²) in [4.78, 5) is 11.4. The molecule has 152 valence electrons. The van der Waals surface area contributed by atoms with Gasteiger partial charge in [-0.05, 0) is 93.3 Å². The monoisotopic (exact) mass is 374 g/mol. The second-order valence-electron chi connectivity index (χ2n) is 11.1. The molecule has 0 bridgehead atoms. The lowest BCUT2D eigenvalue weighted by Gasteiger charge is -2.58. The average Bonchev–Trinajstić information content (AvgIpc) is 2.92. The molecule has 0 amide bonds. The molecule has 0 radical (unpaired) electrons. The summed E-state index contributed by atoms with van der Waals surface area (Å²) in [6.07, 6.45) is 11.9. The zero-order chi connectivity index (χ0) is 19.6. The van der Waals surface area contributed by atoms with Crippen molar-refractivity contribution in [1.29, 1.82) is 0 Å². The molecule has 4 rings (SSSR count). The predicted octanol–water partition coefficient (Wildman–Crippen LogP) is 5.27. The van der Waals surface area contributed by atoms with E-state index in [1.807, 2.05) is 13.8 Å². The molecule has 3 saturated carbocycles. The molecule has 0 saturated heterocycles. The maximum Gasteiger partial charge on any atom is 0.302 e. The Morgan fingerprint density at radius 2 is 1.89 bits per heavy atom. The van der Waals surface area contributed by atoms with Crippen LogP contribution in [0.4, 0.5) is 0 Å². The smallest absolute Gasteiger partial charge is 0.302 e. The van der Waals surface area contributed by atoms with Gasteiger partial charge in [-0.15, -0.1) is 0 Å². The number of carbonyl (C=O) groups excluding carboxylic acids is 1. The van der Waals surface area contributed by atoms with E-state index in [0.29, 0.717) is 5.92 Å². The summed E-state index contributed by atoms with van der Waals surface area (Å²) < 4.78 is 5.55. The predicted molar refractivity (Wildman–Crippen MR) is 107 cm³/mol. The van der Waals surface area contributed by atoms with Gasteiger partial charge in [-0.3, -0.25) is 4.79 Å². The van der Waals surface area contributed by atoms with Gasteiger partial charge in [0.1, 0.15) is 6.10 Å².